The van der Waals surface area contributed by atoms with Gasteiger partial charge in [0.1, 0.15) is 5.69 Å². The summed E-state index contributed by atoms with van der Waals surface area (Å²) in [5.41, 5.74) is 3.23. The van der Waals surface area contributed by atoms with Gasteiger partial charge < -0.3 is 10.7 Å². The minimum Gasteiger partial charge on any atom is -0.346 e. The zero-order valence-corrected chi connectivity index (χ0v) is 9.16. The number of hydrogen-bond acceptors (Lipinski definition) is 4. The Morgan fingerprint density at radius 3 is 2.47 bits per heavy atom. The molecule has 0 aliphatic carbocycles. The minimum atomic E-state index is -0.260. The van der Waals surface area contributed by atoms with E-state index in [1.807, 2.05) is 20.8 Å². The van der Waals surface area contributed by atoms with Crippen molar-refractivity contribution in [2.45, 2.75) is 26.3 Å². The monoisotopic (exact) mass is 208 g/mol. The Balaban J connectivity index is 2.75. The molecule has 0 atom stereocenters. The number of nitrogen functional groups attached to an aromatic ring is 1. The predicted molar refractivity (Wildman–Crippen MR) is 59.3 cm³/mol. The van der Waals surface area contributed by atoms with Crippen LogP contribution in [-0.4, -0.2) is 16.4 Å². The summed E-state index contributed by atoms with van der Waals surface area (Å²) in [6.07, 6.45) is 1.51. The van der Waals surface area contributed by atoms with Crippen LogP contribution in [0.4, 0.5) is 5.69 Å². The lowest BCUT2D eigenvalue weighted by molar-refractivity contribution is 0.0914. The van der Waals surface area contributed by atoms with E-state index in [0.29, 0.717) is 11.4 Å². The first-order valence-electron chi connectivity index (χ1n) is 4.67. The van der Waals surface area contributed by atoms with Crippen LogP contribution in [0.2, 0.25) is 0 Å². The summed E-state index contributed by atoms with van der Waals surface area (Å²) in [5.74, 6) is 5.00. The third-order valence-electron chi connectivity index (χ3n) is 1.65. The maximum absolute atomic E-state index is 11.6. The highest BCUT2D eigenvalue weighted by Crippen LogP contribution is 2.06. The topological polar surface area (TPSA) is 80.0 Å². The van der Waals surface area contributed by atoms with Crippen molar-refractivity contribution >= 4 is 11.6 Å². The van der Waals surface area contributed by atoms with Crippen LogP contribution in [0.1, 0.15) is 31.3 Å². The molecule has 1 rings (SSSR count). The van der Waals surface area contributed by atoms with E-state index < -0.39 is 0 Å². The number of carbonyl (C=O) groups is 1. The number of aromatic nitrogens is 1. The van der Waals surface area contributed by atoms with Crippen LogP contribution in [0.25, 0.3) is 0 Å². The van der Waals surface area contributed by atoms with Crippen molar-refractivity contribution in [1.82, 2.24) is 10.3 Å². The van der Waals surface area contributed by atoms with Gasteiger partial charge in [0.05, 0.1) is 11.9 Å². The third-order valence-corrected chi connectivity index (χ3v) is 1.65. The molecular weight excluding hydrogens is 192 g/mol. The highest BCUT2D eigenvalue weighted by atomic mass is 16.2. The van der Waals surface area contributed by atoms with E-state index in [4.69, 9.17) is 5.84 Å². The number of pyridine rings is 1. The smallest absolute Gasteiger partial charge is 0.270 e. The molecule has 1 aromatic rings. The van der Waals surface area contributed by atoms with E-state index in [1.165, 1.54) is 6.20 Å². The first-order valence-corrected chi connectivity index (χ1v) is 4.67. The van der Waals surface area contributed by atoms with Gasteiger partial charge >= 0.3 is 0 Å². The van der Waals surface area contributed by atoms with Gasteiger partial charge in [0.25, 0.3) is 5.91 Å². The molecule has 0 aromatic carbocycles. The number of hydrogen-bond donors (Lipinski definition) is 3. The summed E-state index contributed by atoms with van der Waals surface area (Å²) in [7, 11) is 0. The Labute approximate surface area is 89.0 Å². The molecule has 0 saturated carbocycles. The van der Waals surface area contributed by atoms with Crippen LogP contribution < -0.4 is 16.6 Å². The average Bonchev–Trinajstić information content (AvgIpc) is 2.15. The van der Waals surface area contributed by atoms with Gasteiger partial charge in [-0.25, -0.2) is 4.98 Å². The van der Waals surface area contributed by atoms with Crippen LogP contribution in [0.15, 0.2) is 18.3 Å². The summed E-state index contributed by atoms with van der Waals surface area (Å²) >= 11 is 0. The van der Waals surface area contributed by atoms with Crippen LogP contribution >= 0.6 is 0 Å². The Hall–Kier alpha value is -1.62. The Kier molecular flexibility index (Phi) is 3.26. The van der Waals surface area contributed by atoms with Gasteiger partial charge in [-0.05, 0) is 32.9 Å². The molecule has 0 fully saturated rings. The van der Waals surface area contributed by atoms with Crippen molar-refractivity contribution in [1.29, 1.82) is 0 Å². The van der Waals surface area contributed by atoms with Crippen molar-refractivity contribution < 1.29 is 4.79 Å². The van der Waals surface area contributed by atoms with E-state index in [9.17, 15) is 4.79 Å². The van der Waals surface area contributed by atoms with Crippen LogP contribution in [0, 0.1) is 0 Å². The van der Waals surface area contributed by atoms with Gasteiger partial charge in [0.15, 0.2) is 0 Å². The second kappa shape index (κ2) is 4.27. The SMILES string of the molecule is CC(C)(C)NC(=O)c1ccc(NN)cn1. The fourth-order valence-corrected chi connectivity index (χ4v) is 1.02. The lowest BCUT2D eigenvalue weighted by atomic mass is 10.1. The molecule has 0 unspecified atom stereocenters. The van der Waals surface area contributed by atoms with Crippen molar-refractivity contribution in [2.75, 3.05) is 5.43 Å². The summed E-state index contributed by atoms with van der Waals surface area (Å²) in [6.45, 7) is 5.75. The van der Waals surface area contributed by atoms with Gasteiger partial charge in [-0.3, -0.25) is 10.6 Å². The molecule has 0 aliphatic heterocycles. The molecule has 1 heterocycles. The molecule has 1 aromatic heterocycles. The quantitative estimate of drug-likeness (QED) is 0.498. The highest BCUT2D eigenvalue weighted by Gasteiger charge is 2.15. The van der Waals surface area contributed by atoms with Crippen LogP contribution in [0.5, 0.6) is 0 Å². The van der Waals surface area contributed by atoms with Gasteiger partial charge in [-0.1, -0.05) is 0 Å². The maximum Gasteiger partial charge on any atom is 0.270 e. The molecule has 15 heavy (non-hydrogen) atoms. The molecule has 4 N–H and O–H groups in total. The van der Waals surface area contributed by atoms with E-state index in [2.05, 4.69) is 15.7 Å². The molecule has 5 nitrogen and oxygen atoms in total. The fourth-order valence-electron chi connectivity index (χ4n) is 1.02. The summed E-state index contributed by atoms with van der Waals surface area (Å²) < 4.78 is 0. The fraction of sp³-hybridized carbons (Fsp3) is 0.400. The van der Waals surface area contributed by atoms with E-state index in [-0.39, 0.29) is 11.4 Å². The van der Waals surface area contributed by atoms with E-state index in [0.717, 1.165) is 0 Å². The molecule has 0 aliphatic rings. The van der Waals surface area contributed by atoms with E-state index >= 15 is 0 Å². The largest absolute Gasteiger partial charge is 0.346 e. The van der Waals surface area contributed by atoms with Crippen LogP contribution in [0.3, 0.4) is 0 Å². The normalized spacial score (nSPS) is 10.9. The summed E-state index contributed by atoms with van der Waals surface area (Å²) in [4.78, 5) is 15.6. The van der Waals surface area contributed by atoms with Crippen molar-refractivity contribution in [3.63, 3.8) is 0 Å². The number of hydrazine groups is 1. The molecule has 0 spiro atoms. The van der Waals surface area contributed by atoms with Gasteiger partial charge in [0, 0.05) is 5.54 Å². The first kappa shape index (κ1) is 11.5. The lowest BCUT2D eigenvalue weighted by Crippen LogP contribution is -2.40. The molecule has 0 bridgehead atoms. The second-order valence-corrected chi connectivity index (χ2v) is 4.28. The number of carbonyl (C=O) groups excluding carboxylic acids is 1. The highest BCUT2D eigenvalue weighted by molar-refractivity contribution is 5.92. The third kappa shape index (κ3) is 3.55. The Morgan fingerprint density at radius 1 is 1.40 bits per heavy atom. The van der Waals surface area contributed by atoms with E-state index in [1.54, 1.807) is 12.1 Å². The van der Waals surface area contributed by atoms with Crippen molar-refractivity contribution in [3.8, 4) is 0 Å². The number of nitrogens with zero attached hydrogens (tertiary/aromatic N) is 1. The van der Waals surface area contributed by atoms with Gasteiger partial charge in [-0.2, -0.15) is 0 Å². The predicted octanol–water partition coefficient (Wildman–Crippen LogP) is 0.895. The standard InChI is InChI=1S/C10H16N4O/c1-10(2,3)13-9(15)8-5-4-7(14-11)6-12-8/h4-6,14H,11H2,1-3H3,(H,13,15). The molecule has 82 valence electrons. The molecule has 0 radical (unpaired) electrons. The number of nitrogens with one attached hydrogen (secondary N) is 2. The number of rotatable bonds is 2. The van der Waals surface area contributed by atoms with Crippen molar-refractivity contribution in [3.05, 3.63) is 24.0 Å². The molecule has 5 heteroatoms. The summed E-state index contributed by atoms with van der Waals surface area (Å²) in [5, 5.41) is 2.82. The molecule has 0 saturated heterocycles. The van der Waals surface area contributed by atoms with Gasteiger partial charge in [-0.15, -0.1) is 0 Å². The zero-order chi connectivity index (χ0) is 11.5. The Morgan fingerprint density at radius 2 is 2.07 bits per heavy atom. The molecular formula is C10H16N4O. The minimum absolute atomic E-state index is 0.189. The summed E-state index contributed by atoms with van der Waals surface area (Å²) in [6, 6.07) is 3.32. The first-order chi connectivity index (χ1) is 6.92. The van der Waals surface area contributed by atoms with Gasteiger partial charge in [0.2, 0.25) is 0 Å². The van der Waals surface area contributed by atoms with Crippen molar-refractivity contribution in [2.24, 2.45) is 5.84 Å². The maximum atomic E-state index is 11.6. The lowest BCUT2D eigenvalue weighted by Gasteiger charge is -2.20. The zero-order valence-electron chi connectivity index (χ0n) is 9.16. The average molecular weight is 208 g/mol. The number of anilines is 1. The number of nitrogens with two attached hydrogens (primary N) is 1. The molecule has 1 amide bonds. The van der Waals surface area contributed by atoms with Crippen LogP contribution in [-0.2, 0) is 0 Å². The number of amides is 1. The Bertz CT molecular complexity index is 339. The second-order valence-electron chi connectivity index (χ2n) is 4.28.